The van der Waals surface area contributed by atoms with Gasteiger partial charge in [0, 0.05) is 6.08 Å². The van der Waals surface area contributed by atoms with E-state index in [1.165, 1.54) is 6.08 Å². The number of ether oxygens (including phenoxy) is 1. The van der Waals surface area contributed by atoms with Crippen molar-refractivity contribution in [3.63, 3.8) is 0 Å². The number of rotatable bonds is 1. The lowest BCUT2D eigenvalue weighted by atomic mass is 10.0. The number of aromatic hydroxyl groups is 1. The molecule has 3 nitrogen and oxygen atoms in total. The molecule has 0 radical (unpaired) electrons. The maximum Gasteiger partial charge on any atom is 0.163 e. The minimum Gasteiger partial charge on any atom is -0.508 e. The number of phenolic OH excluding ortho intramolecular Hbond substituents is 1. The van der Waals surface area contributed by atoms with Gasteiger partial charge in [0.1, 0.15) is 11.9 Å². The summed E-state index contributed by atoms with van der Waals surface area (Å²) in [5.41, 5.74) is 0.911. The summed E-state index contributed by atoms with van der Waals surface area (Å²) in [5.74, 6) is 0.939. The quantitative estimate of drug-likeness (QED) is 0.763. The van der Waals surface area contributed by atoms with E-state index in [0.717, 1.165) is 5.56 Å². The molecule has 0 aromatic heterocycles. The van der Waals surface area contributed by atoms with Gasteiger partial charge in [0.15, 0.2) is 5.78 Å². The lowest BCUT2D eigenvalue weighted by molar-refractivity contribution is -0.118. The molecule has 78 valence electrons. The zero-order chi connectivity index (χ0) is 10.8. The van der Waals surface area contributed by atoms with Crippen LogP contribution in [0.15, 0.2) is 36.1 Å². The van der Waals surface area contributed by atoms with Crippen LogP contribution >= 0.6 is 0 Å². The van der Waals surface area contributed by atoms with E-state index in [2.05, 4.69) is 0 Å². The lowest BCUT2D eigenvalue weighted by Gasteiger charge is -2.22. The topological polar surface area (TPSA) is 46.5 Å². The molecule has 0 bridgehead atoms. The van der Waals surface area contributed by atoms with Gasteiger partial charge in [-0.3, -0.25) is 4.79 Å². The van der Waals surface area contributed by atoms with Crippen LogP contribution in [0.4, 0.5) is 0 Å². The molecule has 0 spiro atoms. The molecule has 1 aromatic rings. The summed E-state index contributed by atoms with van der Waals surface area (Å²) >= 11 is 0. The number of ketones is 1. The van der Waals surface area contributed by atoms with Crippen molar-refractivity contribution in [1.29, 1.82) is 0 Å². The molecule has 0 saturated carbocycles. The normalized spacial score (nSPS) is 20.7. The first kappa shape index (κ1) is 9.77. The highest BCUT2D eigenvalue weighted by molar-refractivity contribution is 5.91. The molecule has 0 saturated heterocycles. The van der Waals surface area contributed by atoms with E-state index in [1.807, 2.05) is 0 Å². The second-order valence-corrected chi connectivity index (χ2v) is 3.62. The SMILES string of the molecule is CC1=CC(=O)CC(c2ccc(O)cc2)O1. The van der Waals surface area contributed by atoms with Gasteiger partial charge in [-0.05, 0) is 24.6 Å². The van der Waals surface area contributed by atoms with Crippen molar-refractivity contribution in [3.8, 4) is 5.75 Å². The fourth-order valence-corrected chi connectivity index (χ4v) is 1.64. The van der Waals surface area contributed by atoms with Crippen molar-refractivity contribution in [2.45, 2.75) is 19.4 Å². The van der Waals surface area contributed by atoms with Crippen LogP contribution in [-0.4, -0.2) is 10.9 Å². The predicted molar refractivity (Wildman–Crippen MR) is 55.3 cm³/mol. The molecule has 15 heavy (non-hydrogen) atoms. The van der Waals surface area contributed by atoms with E-state index in [0.29, 0.717) is 12.2 Å². The van der Waals surface area contributed by atoms with Gasteiger partial charge in [0.05, 0.1) is 12.2 Å². The lowest BCUT2D eigenvalue weighted by Crippen LogP contribution is -2.14. The monoisotopic (exact) mass is 204 g/mol. The Morgan fingerprint density at radius 2 is 2.00 bits per heavy atom. The Morgan fingerprint density at radius 3 is 2.60 bits per heavy atom. The van der Waals surface area contributed by atoms with Gasteiger partial charge in [-0.1, -0.05) is 12.1 Å². The summed E-state index contributed by atoms with van der Waals surface area (Å²) in [7, 11) is 0. The van der Waals surface area contributed by atoms with Crippen LogP contribution < -0.4 is 0 Å². The summed E-state index contributed by atoms with van der Waals surface area (Å²) < 4.78 is 5.54. The van der Waals surface area contributed by atoms with Crippen LogP contribution in [-0.2, 0) is 9.53 Å². The van der Waals surface area contributed by atoms with Crippen LogP contribution in [0.1, 0.15) is 25.0 Å². The molecule has 1 heterocycles. The average molecular weight is 204 g/mol. The number of allylic oxidation sites excluding steroid dienone is 2. The van der Waals surface area contributed by atoms with Crippen molar-refractivity contribution < 1.29 is 14.6 Å². The van der Waals surface area contributed by atoms with Crippen LogP contribution in [0, 0.1) is 0 Å². The maximum atomic E-state index is 11.3. The van der Waals surface area contributed by atoms with Gasteiger partial charge in [-0.2, -0.15) is 0 Å². The van der Waals surface area contributed by atoms with Gasteiger partial charge in [-0.25, -0.2) is 0 Å². The third-order valence-electron chi connectivity index (χ3n) is 2.34. The Balaban J connectivity index is 2.22. The minimum absolute atomic E-state index is 0.0804. The Morgan fingerprint density at radius 1 is 1.33 bits per heavy atom. The molecule has 1 N–H and O–H groups in total. The summed E-state index contributed by atoms with van der Waals surface area (Å²) in [5, 5.41) is 9.14. The van der Waals surface area contributed by atoms with E-state index in [-0.39, 0.29) is 17.6 Å². The average Bonchev–Trinajstić information content (AvgIpc) is 2.17. The zero-order valence-corrected chi connectivity index (χ0v) is 8.43. The van der Waals surface area contributed by atoms with Gasteiger partial charge in [0.25, 0.3) is 0 Å². The zero-order valence-electron chi connectivity index (χ0n) is 8.43. The van der Waals surface area contributed by atoms with E-state index >= 15 is 0 Å². The van der Waals surface area contributed by atoms with E-state index < -0.39 is 0 Å². The molecule has 2 rings (SSSR count). The molecule has 0 amide bonds. The Labute approximate surface area is 88.0 Å². The van der Waals surface area contributed by atoms with Gasteiger partial charge >= 0.3 is 0 Å². The molecule has 3 heteroatoms. The maximum absolute atomic E-state index is 11.3. The first-order valence-electron chi connectivity index (χ1n) is 4.82. The van der Waals surface area contributed by atoms with Crippen LogP contribution in [0.2, 0.25) is 0 Å². The molecule has 1 unspecified atom stereocenters. The van der Waals surface area contributed by atoms with Crippen molar-refractivity contribution in [2.24, 2.45) is 0 Å². The van der Waals surface area contributed by atoms with Crippen LogP contribution in [0.3, 0.4) is 0 Å². The molecule has 1 aromatic carbocycles. The van der Waals surface area contributed by atoms with Crippen molar-refractivity contribution >= 4 is 5.78 Å². The summed E-state index contributed by atoms with van der Waals surface area (Å²) in [6.45, 7) is 1.77. The summed E-state index contributed by atoms with van der Waals surface area (Å²) in [6, 6.07) is 6.73. The molecule has 1 aliphatic rings. The highest BCUT2D eigenvalue weighted by Crippen LogP contribution is 2.29. The fourth-order valence-electron chi connectivity index (χ4n) is 1.64. The first-order valence-corrected chi connectivity index (χ1v) is 4.82. The third kappa shape index (κ3) is 2.18. The predicted octanol–water partition coefficient (Wildman–Crippen LogP) is 2.33. The smallest absolute Gasteiger partial charge is 0.163 e. The molecular formula is C12H12O3. The van der Waals surface area contributed by atoms with Gasteiger partial charge in [0.2, 0.25) is 0 Å². The molecule has 1 atom stereocenters. The highest BCUT2D eigenvalue weighted by atomic mass is 16.5. The number of phenols is 1. The molecule has 0 aliphatic carbocycles. The highest BCUT2D eigenvalue weighted by Gasteiger charge is 2.21. The second-order valence-electron chi connectivity index (χ2n) is 3.62. The number of carbonyl (C=O) groups excluding carboxylic acids is 1. The molecule has 1 aliphatic heterocycles. The fraction of sp³-hybridized carbons (Fsp3) is 0.250. The minimum atomic E-state index is -0.219. The molecule has 0 fully saturated rings. The van der Waals surface area contributed by atoms with E-state index in [4.69, 9.17) is 9.84 Å². The Kier molecular flexibility index (Phi) is 2.46. The Hall–Kier alpha value is -1.77. The van der Waals surface area contributed by atoms with E-state index in [9.17, 15) is 4.79 Å². The van der Waals surface area contributed by atoms with Gasteiger partial charge < -0.3 is 9.84 Å². The number of carbonyl (C=O) groups is 1. The second kappa shape index (κ2) is 3.77. The van der Waals surface area contributed by atoms with Crippen LogP contribution in [0.25, 0.3) is 0 Å². The van der Waals surface area contributed by atoms with Crippen molar-refractivity contribution in [2.75, 3.05) is 0 Å². The Bertz CT molecular complexity index is 403. The third-order valence-corrected chi connectivity index (χ3v) is 2.34. The number of benzene rings is 1. The van der Waals surface area contributed by atoms with Crippen molar-refractivity contribution in [3.05, 3.63) is 41.7 Å². The standard InChI is InChI=1S/C12H12O3/c1-8-6-11(14)7-12(15-8)9-2-4-10(13)5-3-9/h2-6,12-13H,7H2,1H3. The van der Waals surface area contributed by atoms with Crippen LogP contribution in [0.5, 0.6) is 5.75 Å². The first-order chi connectivity index (χ1) is 7.15. The number of hydrogen-bond donors (Lipinski definition) is 1. The summed E-state index contributed by atoms with van der Waals surface area (Å²) in [4.78, 5) is 11.3. The number of hydrogen-bond acceptors (Lipinski definition) is 3. The van der Waals surface area contributed by atoms with Gasteiger partial charge in [-0.15, -0.1) is 0 Å². The van der Waals surface area contributed by atoms with Crippen molar-refractivity contribution in [1.82, 2.24) is 0 Å². The summed E-state index contributed by atoms with van der Waals surface area (Å²) in [6.07, 6.45) is 1.65. The van der Waals surface area contributed by atoms with E-state index in [1.54, 1.807) is 31.2 Å². The molecular weight excluding hydrogens is 192 g/mol. The largest absolute Gasteiger partial charge is 0.508 e.